The van der Waals surface area contributed by atoms with Crippen molar-refractivity contribution in [3.63, 3.8) is 0 Å². The van der Waals surface area contributed by atoms with Crippen LogP contribution in [0.2, 0.25) is 10.0 Å². The quantitative estimate of drug-likeness (QED) is 0.331. The summed E-state index contributed by atoms with van der Waals surface area (Å²) in [6.07, 6.45) is 1.72. The van der Waals surface area contributed by atoms with Crippen molar-refractivity contribution in [2.75, 3.05) is 4.72 Å². The third kappa shape index (κ3) is 5.20. The molecule has 4 aromatic rings. The van der Waals surface area contributed by atoms with Gasteiger partial charge >= 0.3 is 0 Å². The van der Waals surface area contributed by atoms with Gasteiger partial charge in [0.05, 0.1) is 15.1 Å². The van der Waals surface area contributed by atoms with E-state index in [0.29, 0.717) is 21.4 Å². The number of rotatable bonds is 6. The van der Waals surface area contributed by atoms with Crippen LogP contribution >= 0.6 is 34.5 Å². The molecular weight excluding hydrogens is 501 g/mol. The van der Waals surface area contributed by atoms with Gasteiger partial charge in [0.2, 0.25) is 0 Å². The average Bonchev–Trinajstić information content (AvgIpc) is 3.10. The summed E-state index contributed by atoms with van der Waals surface area (Å²) in [7, 11) is -3.84. The SMILES string of the molecule is C=CCn1c(=NC(=O)c2cccc(NS(=O)(=O)c3ccc(Cl)cc3)c2)sc2cc(Cl)ccc21. The minimum atomic E-state index is -3.84. The second-order valence-electron chi connectivity index (χ2n) is 6.95. The molecule has 0 spiro atoms. The number of thiazole rings is 1. The van der Waals surface area contributed by atoms with Crippen LogP contribution in [0.5, 0.6) is 0 Å². The van der Waals surface area contributed by atoms with Crippen molar-refractivity contribution in [1.29, 1.82) is 0 Å². The van der Waals surface area contributed by atoms with E-state index in [1.165, 1.54) is 41.7 Å². The Morgan fingerprint density at radius 1 is 1.06 bits per heavy atom. The number of carbonyl (C=O) groups excluding carboxylic acids is 1. The molecule has 0 saturated heterocycles. The molecule has 0 saturated carbocycles. The first-order chi connectivity index (χ1) is 15.8. The fourth-order valence-corrected chi connectivity index (χ4v) is 5.62. The first-order valence-corrected chi connectivity index (χ1v) is 12.7. The molecule has 0 radical (unpaired) electrons. The monoisotopic (exact) mass is 517 g/mol. The van der Waals surface area contributed by atoms with E-state index in [0.717, 1.165) is 10.2 Å². The predicted molar refractivity (Wildman–Crippen MR) is 134 cm³/mol. The summed E-state index contributed by atoms with van der Waals surface area (Å²) < 4.78 is 30.5. The first-order valence-electron chi connectivity index (χ1n) is 9.64. The number of hydrogen-bond donors (Lipinski definition) is 1. The highest BCUT2D eigenvalue weighted by Gasteiger charge is 2.15. The zero-order valence-electron chi connectivity index (χ0n) is 17.0. The van der Waals surface area contributed by atoms with Crippen LogP contribution in [-0.2, 0) is 16.6 Å². The van der Waals surface area contributed by atoms with Crippen molar-refractivity contribution >= 4 is 66.4 Å². The van der Waals surface area contributed by atoms with E-state index in [1.54, 1.807) is 30.3 Å². The maximum Gasteiger partial charge on any atom is 0.279 e. The number of anilines is 1. The summed E-state index contributed by atoms with van der Waals surface area (Å²) in [6, 6.07) is 17.4. The topological polar surface area (TPSA) is 80.5 Å². The summed E-state index contributed by atoms with van der Waals surface area (Å²) in [5.74, 6) is -0.502. The second kappa shape index (κ2) is 9.52. The van der Waals surface area contributed by atoms with Crippen LogP contribution in [0, 0.1) is 0 Å². The summed E-state index contributed by atoms with van der Waals surface area (Å²) in [6.45, 7) is 4.24. The zero-order valence-corrected chi connectivity index (χ0v) is 20.2. The van der Waals surface area contributed by atoms with E-state index < -0.39 is 15.9 Å². The van der Waals surface area contributed by atoms with Crippen LogP contribution in [0.1, 0.15) is 10.4 Å². The van der Waals surface area contributed by atoms with Gasteiger partial charge in [-0.3, -0.25) is 9.52 Å². The maximum atomic E-state index is 12.9. The molecule has 3 aromatic carbocycles. The normalized spacial score (nSPS) is 12.1. The number of fused-ring (bicyclic) bond motifs is 1. The maximum absolute atomic E-state index is 12.9. The van der Waals surface area contributed by atoms with Gasteiger partial charge in [0.15, 0.2) is 4.80 Å². The van der Waals surface area contributed by atoms with Crippen LogP contribution in [0.3, 0.4) is 0 Å². The molecule has 1 N–H and O–H groups in total. The molecule has 0 aliphatic rings. The standard InChI is InChI=1S/C23H17Cl2N3O3S2/c1-2-12-28-20-11-8-17(25)14-21(20)32-23(28)26-22(29)15-4-3-5-18(13-15)27-33(30,31)19-9-6-16(24)7-10-19/h2-11,13-14,27H,1,12H2. The number of carbonyl (C=O) groups is 1. The molecule has 0 bridgehead atoms. The lowest BCUT2D eigenvalue weighted by Gasteiger charge is -2.09. The van der Waals surface area contributed by atoms with Gasteiger partial charge in [-0.2, -0.15) is 4.99 Å². The molecule has 4 rings (SSSR count). The molecule has 168 valence electrons. The Labute approximate surface area is 204 Å². The fraction of sp³-hybridized carbons (Fsp3) is 0.0435. The molecule has 0 fully saturated rings. The summed E-state index contributed by atoms with van der Waals surface area (Å²) in [5.41, 5.74) is 1.38. The molecule has 6 nitrogen and oxygen atoms in total. The Bertz CT molecular complexity index is 1540. The molecule has 1 heterocycles. The highest BCUT2D eigenvalue weighted by Crippen LogP contribution is 2.23. The van der Waals surface area contributed by atoms with Crippen LogP contribution in [0.25, 0.3) is 10.2 Å². The van der Waals surface area contributed by atoms with Gasteiger partial charge in [-0.05, 0) is 60.7 Å². The highest BCUT2D eigenvalue weighted by molar-refractivity contribution is 7.92. The second-order valence-corrected chi connectivity index (χ2v) is 10.5. The van der Waals surface area contributed by atoms with E-state index in [9.17, 15) is 13.2 Å². The van der Waals surface area contributed by atoms with Gasteiger partial charge in [-0.25, -0.2) is 8.42 Å². The Morgan fingerprint density at radius 2 is 1.79 bits per heavy atom. The smallest absolute Gasteiger partial charge is 0.279 e. The van der Waals surface area contributed by atoms with Gasteiger partial charge < -0.3 is 4.57 Å². The molecule has 0 aliphatic carbocycles. The number of amides is 1. The molecule has 10 heteroatoms. The van der Waals surface area contributed by atoms with E-state index in [2.05, 4.69) is 16.3 Å². The van der Waals surface area contributed by atoms with Gasteiger partial charge in [0, 0.05) is 27.8 Å². The largest absolute Gasteiger partial charge is 0.312 e. The fourth-order valence-electron chi connectivity index (χ4n) is 3.13. The van der Waals surface area contributed by atoms with Crippen LogP contribution in [0.4, 0.5) is 5.69 Å². The average molecular weight is 518 g/mol. The number of nitrogens with zero attached hydrogens (tertiary/aromatic N) is 2. The van der Waals surface area contributed by atoms with Gasteiger partial charge in [-0.1, -0.05) is 46.7 Å². The molecule has 33 heavy (non-hydrogen) atoms. The Morgan fingerprint density at radius 3 is 2.52 bits per heavy atom. The van der Waals surface area contributed by atoms with Crippen molar-refractivity contribution in [3.8, 4) is 0 Å². The lowest BCUT2D eigenvalue weighted by atomic mass is 10.2. The summed E-state index contributed by atoms with van der Waals surface area (Å²) in [5, 5.41) is 1.02. The molecular formula is C23H17Cl2N3O3S2. The highest BCUT2D eigenvalue weighted by atomic mass is 35.5. The number of hydrogen-bond acceptors (Lipinski definition) is 4. The van der Waals surface area contributed by atoms with Crippen molar-refractivity contribution in [2.24, 2.45) is 4.99 Å². The van der Waals surface area contributed by atoms with E-state index in [4.69, 9.17) is 23.2 Å². The van der Waals surface area contributed by atoms with Crippen LogP contribution in [-0.4, -0.2) is 18.9 Å². The number of nitrogens with one attached hydrogen (secondary N) is 1. The van der Waals surface area contributed by atoms with Gasteiger partial charge in [0.25, 0.3) is 15.9 Å². The minimum absolute atomic E-state index is 0.0581. The Balaban J connectivity index is 1.67. The number of halogens is 2. The van der Waals surface area contributed by atoms with E-state index in [1.807, 2.05) is 16.7 Å². The predicted octanol–water partition coefficient (Wildman–Crippen LogP) is 5.74. The number of aromatic nitrogens is 1. The first kappa shape index (κ1) is 23.3. The number of allylic oxidation sites excluding steroid dienone is 1. The van der Waals surface area contributed by atoms with Gasteiger partial charge in [-0.15, -0.1) is 6.58 Å². The number of sulfonamides is 1. The lowest BCUT2D eigenvalue weighted by Crippen LogP contribution is -2.16. The molecule has 1 amide bonds. The lowest BCUT2D eigenvalue weighted by molar-refractivity contribution is 0.0998. The molecule has 1 aromatic heterocycles. The van der Waals surface area contributed by atoms with Crippen molar-refractivity contribution in [2.45, 2.75) is 11.4 Å². The van der Waals surface area contributed by atoms with Crippen molar-refractivity contribution < 1.29 is 13.2 Å². The van der Waals surface area contributed by atoms with E-state index in [-0.39, 0.29) is 16.1 Å². The summed E-state index contributed by atoms with van der Waals surface area (Å²) in [4.78, 5) is 17.8. The third-order valence-corrected chi connectivity index (χ3v) is 7.56. The zero-order chi connectivity index (χ0) is 23.6. The summed E-state index contributed by atoms with van der Waals surface area (Å²) >= 11 is 13.3. The van der Waals surface area contributed by atoms with Crippen LogP contribution in [0.15, 0.2) is 89.3 Å². The number of benzene rings is 3. The van der Waals surface area contributed by atoms with Crippen molar-refractivity contribution in [1.82, 2.24) is 4.57 Å². The minimum Gasteiger partial charge on any atom is -0.312 e. The molecule has 0 unspecified atom stereocenters. The van der Waals surface area contributed by atoms with Gasteiger partial charge in [0.1, 0.15) is 0 Å². The third-order valence-electron chi connectivity index (χ3n) is 4.64. The van der Waals surface area contributed by atoms with E-state index >= 15 is 0 Å². The Hall–Kier alpha value is -2.91. The van der Waals surface area contributed by atoms with Crippen LogP contribution < -0.4 is 9.52 Å². The van der Waals surface area contributed by atoms with Crippen molar-refractivity contribution in [3.05, 3.63) is 99.8 Å². The Kier molecular flexibility index (Phi) is 6.71. The molecule has 0 aliphatic heterocycles. The molecule has 0 atom stereocenters.